The van der Waals surface area contributed by atoms with E-state index in [4.69, 9.17) is 0 Å². The summed E-state index contributed by atoms with van der Waals surface area (Å²) in [4.78, 5) is 25.7. The van der Waals surface area contributed by atoms with Crippen molar-refractivity contribution in [3.05, 3.63) is 29.8 Å². The van der Waals surface area contributed by atoms with Gasteiger partial charge in [-0.25, -0.2) is 8.78 Å². The fourth-order valence-corrected chi connectivity index (χ4v) is 2.65. The van der Waals surface area contributed by atoms with E-state index >= 15 is 0 Å². The Kier molecular flexibility index (Phi) is 8.74. The maximum absolute atomic E-state index is 13.1. The molecule has 6 nitrogen and oxygen atoms in total. The molecule has 0 aliphatic carbocycles. The number of nitrogens with one attached hydrogen (secondary N) is 3. The predicted molar refractivity (Wildman–Crippen MR) is 93.8 cm³/mol. The van der Waals surface area contributed by atoms with E-state index in [1.807, 2.05) is 11.9 Å². The minimum Gasteiger partial charge on any atom is -0.346 e. The number of amides is 2. The van der Waals surface area contributed by atoms with Crippen molar-refractivity contribution in [3.8, 4) is 0 Å². The summed E-state index contributed by atoms with van der Waals surface area (Å²) in [6.45, 7) is 1.66. The molecule has 1 aliphatic rings. The van der Waals surface area contributed by atoms with Crippen molar-refractivity contribution in [2.45, 2.75) is 18.9 Å². The van der Waals surface area contributed by atoms with Crippen molar-refractivity contribution in [2.24, 2.45) is 0 Å². The van der Waals surface area contributed by atoms with Crippen LogP contribution in [0, 0.1) is 11.6 Å². The molecule has 0 spiro atoms. The molecule has 3 N–H and O–H groups in total. The average Bonchev–Trinajstić information content (AvgIpc) is 2.56. The molecule has 0 saturated carbocycles. The first kappa shape index (κ1) is 21.3. The number of carbonyl (C=O) groups is 2. The zero-order chi connectivity index (χ0) is 17.5. The van der Waals surface area contributed by atoms with Gasteiger partial charge in [0.25, 0.3) is 0 Å². The van der Waals surface area contributed by atoms with Gasteiger partial charge in [-0.15, -0.1) is 12.4 Å². The van der Waals surface area contributed by atoms with E-state index in [0.717, 1.165) is 38.1 Å². The summed E-state index contributed by atoms with van der Waals surface area (Å²) in [6.07, 6.45) is 2.11. The molecule has 1 aliphatic heterocycles. The van der Waals surface area contributed by atoms with Crippen LogP contribution < -0.4 is 16.0 Å². The first-order valence-electron chi connectivity index (χ1n) is 7.89. The van der Waals surface area contributed by atoms with Crippen LogP contribution in [-0.2, 0) is 9.59 Å². The van der Waals surface area contributed by atoms with Gasteiger partial charge in [0.1, 0.15) is 0 Å². The highest BCUT2D eigenvalue weighted by molar-refractivity contribution is 5.94. The van der Waals surface area contributed by atoms with Crippen LogP contribution in [0.3, 0.4) is 0 Å². The average molecular weight is 377 g/mol. The summed E-state index contributed by atoms with van der Waals surface area (Å²) in [6, 6.07) is 3.45. The number of likely N-dealkylation sites (tertiary alicyclic amines) is 1. The molecule has 1 heterocycles. The summed E-state index contributed by atoms with van der Waals surface area (Å²) in [5.41, 5.74) is 0.140. The van der Waals surface area contributed by atoms with Gasteiger partial charge in [-0.2, -0.15) is 0 Å². The Bertz CT molecular complexity index is 603. The fourth-order valence-electron chi connectivity index (χ4n) is 2.65. The number of carbonyl (C=O) groups excluding carboxylic acids is 2. The second-order valence-corrected chi connectivity index (χ2v) is 5.82. The molecule has 1 saturated heterocycles. The molecule has 0 radical (unpaired) electrons. The number of nitrogens with zero attached hydrogens (tertiary/aromatic N) is 1. The van der Waals surface area contributed by atoms with Crippen molar-refractivity contribution in [1.82, 2.24) is 15.5 Å². The molecule has 9 heteroatoms. The van der Waals surface area contributed by atoms with Gasteiger partial charge in [0, 0.05) is 24.3 Å². The molecule has 25 heavy (non-hydrogen) atoms. The first-order valence-corrected chi connectivity index (χ1v) is 7.89. The molecule has 1 unspecified atom stereocenters. The maximum Gasteiger partial charge on any atom is 0.243 e. The van der Waals surface area contributed by atoms with Gasteiger partial charge in [-0.1, -0.05) is 0 Å². The van der Waals surface area contributed by atoms with Crippen molar-refractivity contribution in [2.75, 3.05) is 38.5 Å². The molecule has 2 amide bonds. The zero-order valence-corrected chi connectivity index (χ0v) is 14.8. The van der Waals surface area contributed by atoms with Crippen LogP contribution in [0.25, 0.3) is 0 Å². The van der Waals surface area contributed by atoms with Crippen LogP contribution in [0.1, 0.15) is 12.8 Å². The third-order valence-electron chi connectivity index (χ3n) is 3.93. The normalized spacial score (nSPS) is 17.5. The molecule has 0 aromatic heterocycles. The first-order chi connectivity index (χ1) is 11.5. The number of halogens is 3. The number of benzene rings is 1. The smallest absolute Gasteiger partial charge is 0.243 e. The Morgan fingerprint density at radius 3 is 2.68 bits per heavy atom. The molecule has 2 rings (SSSR count). The molecule has 1 atom stereocenters. The van der Waals surface area contributed by atoms with Gasteiger partial charge in [-0.05, 0) is 38.6 Å². The van der Waals surface area contributed by atoms with Crippen LogP contribution in [-0.4, -0.2) is 56.0 Å². The topological polar surface area (TPSA) is 73.5 Å². The highest BCUT2D eigenvalue weighted by Gasteiger charge is 2.20. The van der Waals surface area contributed by atoms with Gasteiger partial charge in [0.2, 0.25) is 11.8 Å². The molecular weight excluding hydrogens is 354 g/mol. The largest absolute Gasteiger partial charge is 0.346 e. The Hall–Kier alpha value is -1.77. The minimum absolute atomic E-state index is 0. The van der Waals surface area contributed by atoms with E-state index in [1.165, 1.54) is 6.07 Å². The van der Waals surface area contributed by atoms with Crippen molar-refractivity contribution >= 4 is 29.9 Å². The Balaban J connectivity index is 0.00000312. The Labute approximate surface area is 151 Å². The van der Waals surface area contributed by atoms with E-state index in [9.17, 15) is 18.4 Å². The second-order valence-electron chi connectivity index (χ2n) is 5.82. The second kappa shape index (κ2) is 10.3. The maximum atomic E-state index is 13.1. The molecule has 1 fully saturated rings. The SMILES string of the molecule is CNC1CCCN(CC(=O)NCC(=O)Nc2ccc(F)c(F)c2)C1.Cl. The van der Waals surface area contributed by atoms with E-state index < -0.39 is 17.5 Å². The van der Waals surface area contributed by atoms with Gasteiger partial charge in [-0.3, -0.25) is 14.5 Å². The third-order valence-corrected chi connectivity index (χ3v) is 3.93. The summed E-state index contributed by atoms with van der Waals surface area (Å²) in [5.74, 6) is -2.77. The number of hydrogen-bond acceptors (Lipinski definition) is 4. The van der Waals surface area contributed by atoms with Gasteiger partial charge < -0.3 is 16.0 Å². The zero-order valence-electron chi connectivity index (χ0n) is 14.0. The summed E-state index contributed by atoms with van der Waals surface area (Å²) >= 11 is 0. The van der Waals surface area contributed by atoms with Gasteiger partial charge >= 0.3 is 0 Å². The molecule has 1 aromatic carbocycles. The predicted octanol–water partition coefficient (Wildman–Crippen LogP) is 1.13. The summed E-state index contributed by atoms with van der Waals surface area (Å²) in [7, 11) is 1.90. The molecule has 1 aromatic rings. The van der Waals surface area contributed by atoms with Crippen LogP contribution in [0.15, 0.2) is 18.2 Å². The van der Waals surface area contributed by atoms with Gasteiger partial charge in [0.15, 0.2) is 11.6 Å². The summed E-state index contributed by atoms with van der Waals surface area (Å²) in [5, 5.41) is 8.13. The fraction of sp³-hybridized carbons (Fsp3) is 0.500. The van der Waals surface area contributed by atoms with Gasteiger partial charge in [0.05, 0.1) is 13.1 Å². The number of rotatable bonds is 6. The Morgan fingerprint density at radius 1 is 1.24 bits per heavy atom. The molecular formula is C16H23ClF2N4O2. The molecule has 0 bridgehead atoms. The lowest BCUT2D eigenvalue weighted by molar-refractivity contribution is -0.125. The third kappa shape index (κ3) is 6.93. The van der Waals surface area contributed by atoms with E-state index in [1.54, 1.807) is 0 Å². The van der Waals surface area contributed by atoms with Crippen molar-refractivity contribution < 1.29 is 18.4 Å². The Morgan fingerprint density at radius 2 is 2.00 bits per heavy atom. The number of anilines is 1. The quantitative estimate of drug-likeness (QED) is 0.695. The lowest BCUT2D eigenvalue weighted by Gasteiger charge is -2.31. The number of piperidine rings is 1. The van der Waals surface area contributed by atoms with E-state index in [-0.39, 0.29) is 37.1 Å². The minimum atomic E-state index is -1.04. The van der Waals surface area contributed by atoms with Crippen LogP contribution in [0.5, 0.6) is 0 Å². The van der Waals surface area contributed by atoms with Crippen molar-refractivity contribution in [3.63, 3.8) is 0 Å². The van der Waals surface area contributed by atoms with E-state index in [2.05, 4.69) is 16.0 Å². The molecule has 140 valence electrons. The monoisotopic (exact) mass is 376 g/mol. The lowest BCUT2D eigenvalue weighted by atomic mass is 10.1. The van der Waals surface area contributed by atoms with Crippen LogP contribution in [0.4, 0.5) is 14.5 Å². The lowest BCUT2D eigenvalue weighted by Crippen LogP contribution is -2.48. The van der Waals surface area contributed by atoms with Crippen LogP contribution in [0.2, 0.25) is 0 Å². The van der Waals surface area contributed by atoms with Crippen LogP contribution >= 0.6 is 12.4 Å². The highest BCUT2D eigenvalue weighted by Crippen LogP contribution is 2.12. The number of likely N-dealkylation sites (N-methyl/N-ethyl adjacent to an activating group) is 1. The van der Waals surface area contributed by atoms with E-state index in [0.29, 0.717) is 6.04 Å². The standard InChI is InChI=1S/C16H22F2N4O2.ClH/c1-19-12-3-2-6-22(9-12)10-16(24)20-8-15(23)21-11-4-5-13(17)14(18)7-11;/h4-5,7,12,19H,2-3,6,8-10H2,1H3,(H,20,24)(H,21,23);1H. The number of hydrogen-bond donors (Lipinski definition) is 3. The van der Waals surface area contributed by atoms with Crippen molar-refractivity contribution in [1.29, 1.82) is 0 Å². The highest BCUT2D eigenvalue weighted by atomic mass is 35.5. The summed E-state index contributed by atoms with van der Waals surface area (Å²) < 4.78 is 25.9.